The maximum absolute atomic E-state index is 13.1. The molecule has 2 aromatic rings. The van der Waals surface area contributed by atoms with E-state index in [1.165, 1.54) is 48.9 Å². The number of hydrogen-bond donors (Lipinski definition) is 0. The van der Waals surface area contributed by atoms with Crippen LogP contribution >= 0.6 is 0 Å². The van der Waals surface area contributed by atoms with E-state index < -0.39 is 0 Å². The van der Waals surface area contributed by atoms with E-state index in [-0.39, 0.29) is 12.1 Å². The van der Waals surface area contributed by atoms with E-state index in [0.717, 1.165) is 50.7 Å². The Morgan fingerprint density at radius 2 is 1.60 bits per heavy atom. The molecule has 0 aromatic heterocycles. The van der Waals surface area contributed by atoms with Crippen LogP contribution in [0.25, 0.3) is 0 Å². The van der Waals surface area contributed by atoms with Crippen LogP contribution in [-0.4, -0.2) is 54.7 Å². The third kappa shape index (κ3) is 5.50. The zero-order chi connectivity index (χ0) is 24.2. The molecule has 0 bridgehead atoms. The maximum atomic E-state index is 13.1. The number of anilines is 1. The monoisotopic (exact) mass is 475 g/mol. The normalized spacial score (nSPS) is 24.1. The lowest BCUT2D eigenvalue weighted by molar-refractivity contribution is 0.0834. The third-order valence-electron chi connectivity index (χ3n) is 8.53. The fraction of sp³-hybridized carbons (Fsp3) is 0.567. The second kappa shape index (κ2) is 11.0. The van der Waals surface area contributed by atoms with Gasteiger partial charge < -0.3 is 14.5 Å². The second-order valence-electron chi connectivity index (χ2n) is 10.7. The van der Waals surface area contributed by atoms with Gasteiger partial charge in [0.05, 0.1) is 6.04 Å². The number of fused-ring (bicyclic) bond motifs is 1. The van der Waals surface area contributed by atoms with Gasteiger partial charge in [-0.15, -0.1) is 0 Å². The SMILES string of the molecule is C[C@H]1CCN(C(=O)OCc2ccccc2)[C@@H](C)c2cc(N3CCN(C4CCCCC4)CC3)ccc21. The van der Waals surface area contributed by atoms with Crippen molar-refractivity contribution in [3.05, 3.63) is 65.2 Å². The van der Waals surface area contributed by atoms with Crippen molar-refractivity contribution in [2.24, 2.45) is 0 Å². The molecule has 0 spiro atoms. The van der Waals surface area contributed by atoms with Gasteiger partial charge in [-0.05, 0) is 60.9 Å². The van der Waals surface area contributed by atoms with Gasteiger partial charge >= 0.3 is 6.09 Å². The Morgan fingerprint density at radius 1 is 0.857 bits per heavy atom. The van der Waals surface area contributed by atoms with Crippen LogP contribution in [0, 0.1) is 0 Å². The van der Waals surface area contributed by atoms with E-state index in [1.54, 1.807) is 0 Å². The molecule has 0 N–H and O–H groups in total. The number of nitrogens with zero attached hydrogens (tertiary/aromatic N) is 3. The predicted molar refractivity (Wildman–Crippen MR) is 142 cm³/mol. The topological polar surface area (TPSA) is 36.0 Å². The van der Waals surface area contributed by atoms with Gasteiger partial charge in [-0.2, -0.15) is 0 Å². The van der Waals surface area contributed by atoms with Crippen molar-refractivity contribution >= 4 is 11.8 Å². The van der Waals surface area contributed by atoms with E-state index in [1.807, 2.05) is 35.2 Å². The second-order valence-corrected chi connectivity index (χ2v) is 10.7. The largest absolute Gasteiger partial charge is 0.445 e. The minimum atomic E-state index is -0.215. The Labute approximate surface area is 211 Å². The van der Waals surface area contributed by atoms with Crippen LogP contribution in [0.15, 0.2) is 48.5 Å². The molecule has 5 rings (SSSR count). The molecule has 1 amide bonds. The molecule has 2 aliphatic heterocycles. The van der Waals surface area contributed by atoms with Crippen molar-refractivity contribution in [2.75, 3.05) is 37.6 Å². The summed E-state index contributed by atoms with van der Waals surface area (Å²) in [5, 5.41) is 0. The lowest BCUT2D eigenvalue weighted by Gasteiger charge is -2.41. The van der Waals surface area contributed by atoms with E-state index in [0.29, 0.717) is 12.5 Å². The molecule has 1 aliphatic carbocycles. The van der Waals surface area contributed by atoms with Crippen LogP contribution in [0.4, 0.5) is 10.5 Å². The molecule has 0 radical (unpaired) electrons. The molecule has 2 aromatic carbocycles. The number of rotatable bonds is 4. The van der Waals surface area contributed by atoms with E-state index in [4.69, 9.17) is 4.74 Å². The average Bonchev–Trinajstić information content (AvgIpc) is 3.04. The van der Waals surface area contributed by atoms with E-state index in [2.05, 4.69) is 41.8 Å². The fourth-order valence-electron chi connectivity index (χ4n) is 6.26. The van der Waals surface area contributed by atoms with Gasteiger partial charge in [0.25, 0.3) is 0 Å². The first-order valence-electron chi connectivity index (χ1n) is 13.7. The molecule has 35 heavy (non-hydrogen) atoms. The lowest BCUT2D eigenvalue weighted by Crippen LogP contribution is -2.50. The summed E-state index contributed by atoms with van der Waals surface area (Å²) < 4.78 is 5.73. The minimum absolute atomic E-state index is 0.00158. The Kier molecular flexibility index (Phi) is 7.62. The summed E-state index contributed by atoms with van der Waals surface area (Å²) in [5.74, 6) is 0.427. The predicted octanol–water partition coefficient (Wildman–Crippen LogP) is 6.35. The zero-order valence-electron chi connectivity index (χ0n) is 21.5. The number of amides is 1. The lowest BCUT2D eigenvalue weighted by atomic mass is 9.91. The molecule has 5 nitrogen and oxygen atoms in total. The molecule has 2 fully saturated rings. The molecule has 3 aliphatic rings. The quantitative estimate of drug-likeness (QED) is 0.516. The Morgan fingerprint density at radius 3 is 2.34 bits per heavy atom. The summed E-state index contributed by atoms with van der Waals surface area (Å²) in [5.41, 5.74) is 4.97. The first-order valence-corrected chi connectivity index (χ1v) is 13.7. The van der Waals surface area contributed by atoms with Crippen molar-refractivity contribution in [1.82, 2.24) is 9.80 Å². The van der Waals surface area contributed by atoms with Crippen LogP contribution in [0.5, 0.6) is 0 Å². The highest BCUT2D eigenvalue weighted by Crippen LogP contribution is 2.37. The van der Waals surface area contributed by atoms with Gasteiger partial charge in [0.1, 0.15) is 6.61 Å². The number of hydrogen-bond acceptors (Lipinski definition) is 4. The fourth-order valence-corrected chi connectivity index (χ4v) is 6.26. The standard InChI is InChI=1S/C30H41N3O2/c1-23-15-16-33(30(34)35-22-25-9-5-3-6-10-25)24(2)29-21-27(13-14-28(23)29)32-19-17-31(18-20-32)26-11-7-4-8-12-26/h3,5-6,9-10,13-14,21,23-24,26H,4,7-8,11-12,15-20,22H2,1-2H3/t23-,24-/m0/s1. The summed E-state index contributed by atoms with van der Waals surface area (Å²) in [6.45, 7) is 9.97. The van der Waals surface area contributed by atoms with Crippen molar-refractivity contribution in [1.29, 1.82) is 0 Å². The minimum Gasteiger partial charge on any atom is -0.445 e. The molecule has 0 unspecified atom stereocenters. The highest BCUT2D eigenvalue weighted by molar-refractivity contribution is 5.69. The van der Waals surface area contributed by atoms with Crippen LogP contribution in [0.3, 0.4) is 0 Å². The molecule has 2 heterocycles. The smallest absolute Gasteiger partial charge is 0.410 e. The molecule has 5 heteroatoms. The summed E-state index contributed by atoms with van der Waals surface area (Å²) in [6, 6.07) is 17.7. The van der Waals surface area contributed by atoms with Gasteiger partial charge in [0.15, 0.2) is 0 Å². The average molecular weight is 476 g/mol. The number of ether oxygens (including phenoxy) is 1. The number of carbonyl (C=O) groups excluding carboxylic acids is 1. The molecule has 2 atom stereocenters. The highest BCUT2D eigenvalue weighted by Gasteiger charge is 2.31. The van der Waals surface area contributed by atoms with Gasteiger partial charge in [-0.25, -0.2) is 4.79 Å². The Hall–Kier alpha value is -2.53. The molecule has 188 valence electrons. The summed E-state index contributed by atoms with van der Waals surface area (Å²) in [6.07, 6.45) is 7.71. The van der Waals surface area contributed by atoms with Crippen LogP contribution in [0.2, 0.25) is 0 Å². The Balaban J connectivity index is 1.27. The summed E-state index contributed by atoms with van der Waals surface area (Å²) >= 11 is 0. The van der Waals surface area contributed by atoms with Crippen molar-refractivity contribution in [3.63, 3.8) is 0 Å². The number of piperazine rings is 1. The zero-order valence-corrected chi connectivity index (χ0v) is 21.5. The Bertz CT molecular complexity index is 980. The molecular weight excluding hydrogens is 434 g/mol. The van der Waals surface area contributed by atoms with E-state index >= 15 is 0 Å². The van der Waals surface area contributed by atoms with Crippen LogP contribution in [0.1, 0.15) is 81.0 Å². The third-order valence-corrected chi connectivity index (χ3v) is 8.53. The van der Waals surface area contributed by atoms with Crippen molar-refractivity contribution in [2.45, 2.75) is 77.0 Å². The van der Waals surface area contributed by atoms with Crippen molar-refractivity contribution in [3.8, 4) is 0 Å². The number of benzene rings is 2. The van der Waals surface area contributed by atoms with Crippen LogP contribution < -0.4 is 4.90 Å². The number of carbonyl (C=O) groups is 1. The summed E-state index contributed by atoms with van der Waals surface area (Å²) in [7, 11) is 0. The summed E-state index contributed by atoms with van der Waals surface area (Å²) in [4.78, 5) is 20.3. The van der Waals surface area contributed by atoms with E-state index in [9.17, 15) is 4.79 Å². The molecule has 1 saturated carbocycles. The van der Waals surface area contributed by atoms with Gasteiger partial charge in [0, 0.05) is 44.5 Å². The highest BCUT2D eigenvalue weighted by atomic mass is 16.6. The molecular formula is C30H41N3O2. The van der Waals surface area contributed by atoms with Crippen molar-refractivity contribution < 1.29 is 9.53 Å². The molecule has 1 saturated heterocycles. The van der Waals surface area contributed by atoms with Gasteiger partial charge in [-0.3, -0.25) is 4.90 Å². The van der Waals surface area contributed by atoms with Gasteiger partial charge in [-0.1, -0.05) is 62.6 Å². The first-order chi connectivity index (χ1) is 17.1. The maximum Gasteiger partial charge on any atom is 0.410 e. The van der Waals surface area contributed by atoms with Crippen LogP contribution in [-0.2, 0) is 11.3 Å². The first kappa shape index (κ1) is 24.2. The van der Waals surface area contributed by atoms with Gasteiger partial charge in [0.2, 0.25) is 0 Å².